The van der Waals surface area contributed by atoms with Crippen molar-refractivity contribution in [2.24, 2.45) is 0 Å². The van der Waals surface area contributed by atoms with Gasteiger partial charge in [0, 0.05) is 25.3 Å². The topological polar surface area (TPSA) is 58.6 Å². The Labute approximate surface area is 120 Å². The standard InChI is InChI=1S/C14H20N2O3S/c17-20(18,14-5-6-14)15-13-3-1-12(2-4-13)11-16-7-9-19-10-8-16/h1-4,14-15H,5-11H2. The molecule has 3 rings (SSSR count). The van der Waals surface area contributed by atoms with Gasteiger partial charge in [-0.2, -0.15) is 0 Å². The number of sulfonamides is 1. The van der Waals surface area contributed by atoms with Crippen molar-refractivity contribution in [2.75, 3.05) is 31.0 Å². The summed E-state index contributed by atoms with van der Waals surface area (Å²) in [6.45, 7) is 4.38. The predicted octanol–water partition coefficient (Wildman–Crippen LogP) is 1.42. The van der Waals surface area contributed by atoms with Gasteiger partial charge in [-0.25, -0.2) is 8.42 Å². The maximum Gasteiger partial charge on any atom is 0.235 e. The Morgan fingerprint density at radius 2 is 1.80 bits per heavy atom. The zero-order valence-electron chi connectivity index (χ0n) is 11.4. The Hall–Kier alpha value is -1.11. The summed E-state index contributed by atoms with van der Waals surface area (Å²) >= 11 is 0. The Kier molecular flexibility index (Phi) is 3.96. The molecular weight excluding hydrogens is 276 g/mol. The highest BCUT2D eigenvalue weighted by Gasteiger charge is 2.35. The first kappa shape index (κ1) is 13.9. The molecule has 1 aliphatic carbocycles. The van der Waals surface area contributed by atoms with Gasteiger partial charge in [-0.15, -0.1) is 0 Å². The van der Waals surface area contributed by atoms with Crippen LogP contribution < -0.4 is 4.72 Å². The zero-order chi connectivity index (χ0) is 14.0. The molecule has 1 saturated heterocycles. The molecular formula is C14H20N2O3S. The normalized spacial score (nSPS) is 20.8. The second-order valence-corrected chi connectivity index (χ2v) is 7.39. The van der Waals surface area contributed by atoms with Crippen LogP contribution in [0, 0.1) is 0 Å². The molecule has 2 aliphatic rings. The van der Waals surface area contributed by atoms with E-state index in [0.717, 1.165) is 45.7 Å². The average Bonchev–Trinajstić information content (AvgIpc) is 3.27. The molecule has 110 valence electrons. The van der Waals surface area contributed by atoms with E-state index >= 15 is 0 Å². The van der Waals surface area contributed by atoms with Crippen LogP contribution in [0.1, 0.15) is 18.4 Å². The van der Waals surface area contributed by atoms with Gasteiger partial charge in [0.2, 0.25) is 10.0 Å². The van der Waals surface area contributed by atoms with E-state index in [1.54, 1.807) is 0 Å². The van der Waals surface area contributed by atoms with Gasteiger partial charge in [0.1, 0.15) is 0 Å². The van der Waals surface area contributed by atoms with Crippen molar-refractivity contribution in [3.8, 4) is 0 Å². The fourth-order valence-corrected chi connectivity index (χ4v) is 3.71. The van der Waals surface area contributed by atoms with E-state index < -0.39 is 10.0 Å². The number of rotatable bonds is 5. The van der Waals surface area contributed by atoms with Crippen LogP contribution in [0.5, 0.6) is 0 Å². The van der Waals surface area contributed by atoms with E-state index in [9.17, 15) is 8.42 Å². The number of hydrogen-bond acceptors (Lipinski definition) is 4. The molecule has 1 saturated carbocycles. The maximum absolute atomic E-state index is 11.8. The van der Waals surface area contributed by atoms with Gasteiger partial charge < -0.3 is 4.74 Å². The van der Waals surface area contributed by atoms with E-state index in [-0.39, 0.29) is 5.25 Å². The highest BCUT2D eigenvalue weighted by molar-refractivity contribution is 7.93. The predicted molar refractivity (Wildman–Crippen MR) is 78.1 cm³/mol. The maximum atomic E-state index is 11.8. The van der Waals surface area contributed by atoms with Gasteiger partial charge in [0.15, 0.2) is 0 Å². The van der Waals surface area contributed by atoms with Gasteiger partial charge in [0.25, 0.3) is 0 Å². The van der Waals surface area contributed by atoms with Crippen LogP contribution in [-0.2, 0) is 21.3 Å². The molecule has 1 aromatic carbocycles. The number of morpholine rings is 1. The SMILES string of the molecule is O=S(=O)(Nc1ccc(CN2CCOCC2)cc1)C1CC1. The van der Waals surface area contributed by atoms with Crippen molar-refractivity contribution < 1.29 is 13.2 Å². The average molecular weight is 296 g/mol. The van der Waals surface area contributed by atoms with Crippen LogP contribution in [0.4, 0.5) is 5.69 Å². The molecule has 20 heavy (non-hydrogen) atoms. The Morgan fingerprint density at radius 1 is 1.15 bits per heavy atom. The summed E-state index contributed by atoms with van der Waals surface area (Å²) in [6, 6.07) is 7.66. The molecule has 0 spiro atoms. The van der Waals surface area contributed by atoms with Crippen molar-refractivity contribution in [3.05, 3.63) is 29.8 Å². The first-order valence-electron chi connectivity index (χ1n) is 7.04. The summed E-state index contributed by atoms with van der Waals surface area (Å²) in [7, 11) is -3.16. The lowest BCUT2D eigenvalue weighted by Gasteiger charge is -2.26. The monoisotopic (exact) mass is 296 g/mol. The lowest BCUT2D eigenvalue weighted by molar-refractivity contribution is 0.0342. The molecule has 0 amide bonds. The third-order valence-corrected chi connectivity index (χ3v) is 5.56. The largest absolute Gasteiger partial charge is 0.379 e. The van der Waals surface area contributed by atoms with Crippen molar-refractivity contribution in [3.63, 3.8) is 0 Å². The number of nitrogens with one attached hydrogen (secondary N) is 1. The van der Waals surface area contributed by atoms with Crippen molar-refractivity contribution in [1.29, 1.82) is 0 Å². The van der Waals surface area contributed by atoms with Crippen molar-refractivity contribution >= 4 is 15.7 Å². The minimum Gasteiger partial charge on any atom is -0.379 e. The molecule has 1 aromatic rings. The zero-order valence-corrected chi connectivity index (χ0v) is 12.2. The Balaban J connectivity index is 1.59. The Bertz CT molecular complexity index is 546. The summed E-state index contributed by atoms with van der Waals surface area (Å²) in [6.07, 6.45) is 1.56. The van der Waals surface area contributed by atoms with Crippen molar-refractivity contribution in [1.82, 2.24) is 4.90 Å². The van der Waals surface area contributed by atoms with Crippen LogP contribution in [0.3, 0.4) is 0 Å². The van der Waals surface area contributed by atoms with Crippen LogP contribution in [-0.4, -0.2) is 44.9 Å². The molecule has 0 bridgehead atoms. The van der Waals surface area contributed by atoms with E-state index in [4.69, 9.17) is 4.74 Å². The molecule has 0 aromatic heterocycles. The molecule has 0 atom stereocenters. The minimum absolute atomic E-state index is 0.185. The molecule has 1 heterocycles. The molecule has 1 N–H and O–H groups in total. The van der Waals surface area contributed by atoms with E-state index in [2.05, 4.69) is 9.62 Å². The van der Waals surface area contributed by atoms with Crippen LogP contribution >= 0.6 is 0 Å². The number of nitrogens with zero attached hydrogens (tertiary/aromatic N) is 1. The molecule has 0 unspecified atom stereocenters. The number of benzene rings is 1. The first-order chi connectivity index (χ1) is 9.63. The third-order valence-electron chi connectivity index (χ3n) is 3.69. The summed E-state index contributed by atoms with van der Waals surface area (Å²) in [5.74, 6) is 0. The lowest BCUT2D eigenvalue weighted by atomic mass is 10.2. The highest BCUT2D eigenvalue weighted by atomic mass is 32.2. The highest BCUT2D eigenvalue weighted by Crippen LogP contribution is 2.29. The number of hydrogen-bond donors (Lipinski definition) is 1. The Morgan fingerprint density at radius 3 is 2.40 bits per heavy atom. The first-order valence-corrected chi connectivity index (χ1v) is 8.59. The summed E-state index contributed by atoms with van der Waals surface area (Å²) < 4.78 is 31.6. The van der Waals surface area contributed by atoms with Crippen LogP contribution in [0.15, 0.2) is 24.3 Å². The number of anilines is 1. The van der Waals surface area contributed by atoms with E-state index in [1.807, 2.05) is 24.3 Å². The van der Waals surface area contributed by atoms with Gasteiger partial charge in [0.05, 0.1) is 18.5 Å². The second kappa shape index (κ2) is 5.71. The molecule has 0 radical (unpaired) electrons. The van der Waals surface area contributed by atoms with Gasteiger partial charge >= 0.3 is 0 Å². The second-order valence-electron chi connectivity index (χ2n) is 5.43. The van der Waals surface area contributed by atoms with E-state index in [1.165, 1.54) is 5.56 Å². The fourth-order valence-electron chi connectivity index (χ4n) is 2.32. The lowest BCUT2D eigenvalue weighted by Crippen LogP contribution is -2.35. The van der Waals surface area contributed by atoms with E-state index in [0.29, 0.717) is 5.69 Å². The molecule has 6 heteroatoms. The molecule has 1 aliphatic heterocycles. The van der Waals surface area contributed by atoms with Crippen molar-refractivity contribution in [2.45, 2.75) is 24.6 Å². The molecule has 2 fully saturated rings. The van der Waals surface area contributed by atoms with Gasteiger partial charge in [-0.1, -0.05) is 12.1 Å². The fraction of sp³-hybridized carbons (Fsp3) is 0.571. The minimum atomic E-state index is -3.16. The molecule has 5 nitrogen and oxygen atoms in total. The van der Waals surface area contributed by atoms with Gasteiger partial charge in [-0.3, -0.25) is 9.62 Å². The smallest absolute Gasteiger partial charge is 0.235 e. The number of ether oxygens (including phenoxy) is 1. The van der Waals surface area contributed by atoms with Crippen LogP contribution in [0.2, 0.25) is 0 Å². The summed E-state index contributed by atoms with van der Waals surface area (Å²) in [4.78, 5) is 2.34. The third kappa shape index (κ3) is 3.50. The summed E-state index contributed by atoms with van der Waals surface area (Å²) in [5, 5.41) is -0.185. The summed E-state index contributed by atoms with van der Waals surface area (Å²) in [5.41, 5.74) is 1.85. The quantitative estimate of drug-likeness (QED) is 0.893. The van der Waals surface area contributed by atoms with Crippen LogP contribution in [0.25, 0.3) is 0 Å². The van der Waals surface area contributed by atoms with Gasteiger partial charge in [-0.05, 0) is 30.5 Å².